The molecule has 0 spiro atoms. The van der Waals surface area contributed by atoms with Crippen molar-refractivity contribution >= 4 is 8.69 Å². The van der Waals surface area contributed by atoms with Crippen molar-refractivity contribution in [2.45, 2.75) is 26.2 Å². The predicted octanol–water partition coefficient (Wildman–Crippen LogP) is 3.95. The molecule has 0 saturated carbocycles. The highest BCUT2D eigenvalue weighted by atomic mass is 31.2. The summed E-state index contributed by atoms with van der Waals surface area (Å²) in [5.74, 6) is 1.03. The Bertz CT molecular complexity index is 360. The predicted molar refractivity (Wildman–Crippen MR) is 54.4 cm³/mol. The molecule has 2 rings (SSSR count). The van der Waals surface area contributed by atoms with E-state index in [1.807, 2.05) is 12.1 Å². The van der Waals surface area contributed by atoms with Gasteiger partial charge in [0, 0.05) is 0 Å². The molecule has 4 heteroatoms. The molecule has 0 radical (unpaired) electrons. The van der Waals surface area contributed by atoms with E-state index >= 15 is 0 Å². The zero-order valence-corrected chi connectivity index (χ0v) is 9.27. The summed E-state index contributed by atoms with van der Waals surface area (Å²) in [7, 11) is -2.24. The summed E-state index contributed by atoms with van der Waals surface area (Å²) >= 11 is 0. The first-order valence-electron chi connectivity index (χ1n) is 4.43. The Balaban J connectivity index is 2.38. The highest BCUT2D eigenvalue weighted by Crippen LogP contribution is 2.53. The Labute approximate surface area is 84.1 Å². The third kappa shape index (κ3) is 1.69. The maximum absolute atomic E-state index is 12.8. The highest BCUT2D eigenvalue weighted by molar-refractivity contribution is 7.42. The molecule has 0 fully saturated rings. The van der Waals surface area contributed by atoms with Gasteiger partial charge in [0.2, 0.25) is 0 Å². The molecule has 0 bridgehead atoms. The van der Waals surface area contributed by atoms with Crippen molar-refractivity contribution in [2.24, 2.45) is 0 Å². The van der Waals surface area contributed by atoms with Crippen LogP contribution in [0.1, 0.15) is 26.3 Å². The maximum Gasteiger partial charge on any atom is 0.506 e. The van der Waals surface area contributed by atoms with Gasteiger partial charge in [0.15, 0.2) is 11.5 Å². The second kappa shape index (κ2) is 3.09. The Morgan fingerprint density at radius 3 is 2.43 bits per heavy atom. The third-order valence-electron chi connectivity index (χ3n) is 2.15. The van der Waals surface area contributed by atoms with Gasteiger partial charge in [-0.3, -0.25) is 0 Å². The zero-order valence-electron chi connectivity index (χ0n) is 8.37. The van der Waals surface area contributed by atoms with Gasteiger partial charge >= 0.3 is 8.69 Å². The van der Waals surface area contributed by atoms with Crippen LogP contribution >= 0.6 is 8.69 Å². The lowest BCUT2D eigenvalue weighted by molar-refractivity contribution is 0.507. The van der Waals surface area contributed by atoms with Gasteiger partial charge in [0.05, 0.1) is 0 Å². The number of rotatable bonds is 0. The lowest BCUT2D eigenvalue weighted by Gasteiger charge is -2.18. The van der Waals surface area contributed by atoms with Crippen LogP contribution in [0.15, 0.2) is 18.2 Å². The van der Waals surface area contributed by atoms with Crippen LogP contribution in [0.5, 0.6) is 11.5 Å². The van der Waals surface area contributed by atoms with E-state index in [0.717, 1.165) is 5.56 Å². The van der Waals surface area contributed by atoms with Gasteiger partial charge in [0.25, 0.3) is 0 Å². The first-order chi connectivity index (χ1) is 6.47. The Morgan fingerprint density at radius 1 is 1.14 bits per heavy atom. The minimum atomic E-state index is -2.24. The van der Waals surface area contributed by atoms with Gasteiger partial charge < -0.3 is 9.05 Å². The Hall–Kier alpha value is -0.820. The molecule has 2 nitrogen and oxygen atoms in total. The molecule has 76 valence electrons. The molecule has 1 heterocycles. The molecule has 1 aliphatic rings. The van der Waals surface area contributed by atoms with Crippen molar-refractivity contribution in [3.05, 3.63) is 23.8 Å². The highest BCUT2D eigenvalue weighted by Gasteiger charge is 2.28. The van der Waals surface area contributed by atoms with E-state index in [0.29, 0.717) is 11.5 Å². The fourth-order valence-electron chi connectivity index (χ4n) is 1.29. The molecule has 1 aliphatic heterocycles. The van der Waals surface area contributed by atoms with E-state index in [-0.39, 0.29) is 5.41 Å². The van der Waals surface area contributed by atoms with Crippen LogP contribution in [0.25, 0.3) is 0 Å². The molecular weight excluding hydrogens is 202 g/mol. The zero-order chi connectivity index (χ0) is 10.3. The largest absolute Gasteiger partial charge is 0.506 e. The van der Waals surface area contributed by atoms with E-state index in [1.165, 1.54) is 0 Å². The standard InChI is InChI=1S/C10H12FO2P/c1-10(2,3)7-4-5-8-9(6-7)13-14(11)12-8/h4-6H,1-3H3. The number of hydrogen-bond donors (Lipinski definition) is 0. The molecule has 14 heavy (non-hydrogen) atoms. The summed E-state index contributed by atoms with van der Waals surface area (Å²) in [6.45, 7) is 6.30. The van der Waals surface area contributed by atoms with Crippen molar-refractivity contribution in [3.8, 4) is 11.5 Å². The quantitative estimate of drug-likeness (QED) is 0.608. The fraction of sp³-hybridized carbons (Fsp3) is 0.400. The fourth-order valence-corrected chi connectivity index (χ4v) is 1.93. The van der Waals surface area contributed by atoms with Gasteiger partial charge in [-0.25, -0.2) is 0 Å². The summed E-state index contributed by atoms with van der Waals surface area (Å²) in [5.41, 5.74) is 1.16. The van der Waals surface area contributed by atoms with Crippen molar-refractivity contribution in [2.75, 3.05) is 0 Å². The van der Waals surface area contributed by atoms with E-state index in [4.69, 9.17) is 9.05 Å². The second-order valence-electron chi connectivity index (χ2n) is 4.31. The first-order valence-corrected chi connectivity index (χ1v) is 5.50. The molecule has 0 saturated heterocycles. The minimum Gasteiger partial charge on any atom is -0.411 e. The van der Waals surface area contributed by atoms with E-state index in [2.05, 4.69) is 20.8 Å². The lowest BCUT2D eigenvalue weighted by atomic mass is 9.87. The number of benzene rings is 1. The van der Waals surface area contributed by atoms with Crippen LogP contribution in [-0.4, -0.2) is 0 Å². The van der Waals surface area contributed by atoms with Gasteiger partial charge in [-0.05, 0) is 23.1 Å². The molecule has 0 aliphatic carbocycles. The third-order valence-corrected chi connectivity index (χ3v) is 2.83. The van der Waals surface area contributed by atoms with E-state index in [1.54, 1.807) is 6.07 Å². The second-order valence-corrected chi connectivity index (χ2v) is 5.10. The summed E-state index contributed by atoms with van der Waals surface area (Å²) in [6.07, 6.45) is 0. The normalized spacial score (nSPS) is 19.9. The molecule has 1 unspecified atom stereocenters. The number of halogens is 1. The lowest BCUT2D eigenvalue weighted by Crippen LogP contribution is -2.10. The first kappa shape index (κ1) is 9.72. The monoisotopic (exact) mass is 214 g/mol. The van der Waals surface area contributed by atoms with Crippen molar-refractivity contribution < 1.29 is 13.2 Å². The van der Waals surface area contributed by atoms with Crippen LogP contribution < -0.4 is 9.05 Å². The SMILES string of the molecule is CC(C)(C)c1ccc2c(c1)OP(F)O2. The van der Waals surface area contributed by atoms with Gasteiger partial charge in [-0.15, -0.1) is 4.20 Å². The summed E-state index contributed by atoms with van der Waals surface area (Å²) in [5, 5.41) is 0. The smallest absolute Gasteiger partial charge is 0.411 e. The van der Waals surface area contributed by atoms with Crippen LogP contribution in [-0.2, 0) is 5.41 Å². The van der Waals surface area contributed by atoms with Crippen LogP contribution in [0.4, 0.5) is 4.20 Å². The maximum atomic E-state index is 12.8. The van der Waals surface area contributed by atoms with Crippen LogP contribution in [0.2, 0.25) is 0 Å². The average Bonchev–Trinajstić information content (AvgIpc) is 2.41. The van der Waals surface area contributed by atoms with Gasteiger partial charge in [0.1, 0.15) is 0 Å². The van der Waals surface area contributed by atoms with Crippen molar-refractivity contribution in [3.63, 3.8) is 0 Å². The van der Waals surface area contributed by atoms with Gasteiger partial charge in [-0.1, -0.05) is 26.8 Å². The summed E-state index contributed by atoms with van der Waals surface area (Å²) in [6, 6.07) is 5.55. The Kier molecular flexibility index (Phi) is 2.15. The number of hydrogen-bond acceptors (Lipinski definition) is 2. The number of fused-ring (bicyclic) bond motifs is 1. The van der Waals surface area contributed by atoms with E-state index in [9.17, 15) is 4.20 Å². The summed E-state index contributed by atoms with van der Waals surface area (Å²) < 4.78 is 22.5. The minimum absolute atomic E-state index is 0.0417. The molecule has 1 atom stereocenters. The molecule has 0 N–H and O–H groups in total. The molecule has 0 aromatic heterocycles. The van der Waals surface area contributed by atoms with Crippen molar-refractivity contribution in [1.82, 2.24) is 0 Å². The van der Waals surface area contributed by atoms with Crippen molar-refractivity contribution in [1.29, 1.82) is 0 Å². The molecular formula is C10H12FO2P. The topological polar surface area (TPSA) is 18.5 Å². The molecule has 0 amide bonds. The van der Waals surface area contributed by atoms with E-state index < -0.39 is 8.69 Å². The average molecular weight is 214 g/mol. The van der Waals surface area contributed by atoms with Crippen LogP contribution in [0.3, 0.4) is 0 Å². The van der Waals surface area contributed by atoms with Gasteiger partial charge in [-0.2, -0.15) is 0 Å². The van der Waals surface area contributed by atoms with Crippen LogP contribution in [0, 0.1) is 0 Å². The molecule has 1 aromatic rings. The molecule has 1 aromatic carbocycles. The summed E-state index contributed by atoms with van der Waals surface area (Å²) in [4.78, 5) is 0. The Morgan fingerprint density at radius 2 is 1.79 bits per heavy atom.